The van der Waals surface area contributed by atoms with Gasteiger partial charge in [-0.15, -0.1) is 0 Å². The topological polar surface area (TPSA) is 97.6 Å². The summed E-state index contributed by atoms with van der Waals surface area (Å²) in [7, 11) is 2.14. The van der Waals surface area contributed by atoms with Crippen molar-refractivity contribution >= 4 is 16.7 Å². The highest BCUT2D eigenvalue weighted by Crippen LogP contribution is 2.43. The lowest BCUT2D eigenvalue weighted by Crippen LogP contribution is -2.44. The van der Waals surface area contributed by atoms with Gasteiger partial charge < -0.3 is 9.80 Å². The van der Waals surface area contributed by atoms with Crippen LogP contribution in [0.3, 0.4) is 0 Å². The Bertz CT molecular complexity index is 1050. The number of fused-ring (bicyclic) bond motifs is 1. The van der Waals surface area contributed by atoms with Crippen LogP contribution in [0.2, 0.25) is 0 Å². The molecule has 2 fully saturated rings. The van der Waals surface area contributed by atoms with Crippen LogP contribution < -0.4 is 4.90 Å². The minimum absolute atomic E-state index is 0.445. The molecule has 0 bridgehead atoms. The van der Waals surface area contributed by atoms with E-state index in [9.17, 15) is 5.26 Å². The van der Waals surface area contributed by atoms with Crippen molar-refractivity contribution in [1.29, 1.82) is 5.26 Å². The van der Waals surface area contributed by atoms with Crippen LogP contribution in [0.5, 0.6) is 0 Å². The average Bonchev–Trinajstić information content (AvgIpc) is 3.12. The number of anilines is 1. The largest absolute Gasteiger partial charge is 0.354 e. The number of hydrogen-bond acceptors (Lipinski definition) is 7. The fraction of sp³-hybridized carbons (Fsp3) is 0.450. The van der Waals surface area contributed by atoms with Crippen LogP contribution >= 0.6 is 0 Å². The van der Waals surface area contributed by atoms with E-state index in [0.29, 0.717) is 0 Å². The molecule has 2 aliphatic rings. The molecular formula is C20H22N8. The zero-order chi connectivity index (χ0) is 19.1. The second-order valence-corrected chi connectivity index (χ2v) is 7.79. The van der Waals surface area contributed by atoms with Gasteiger partial charge in [0.1, 0.15) is 17.8 Å². The number of aromatic amines is 1. The van der Waals surface area contributed by atoms with E-state index in [4.69, 9.17) is 0 Å². The molecule has 0 radical (unpaired) electrons. The number of nitriles is 1. The van der Waals surface area contributed by atoms with Gasteiger partial charge in [-0.25, -0.2) is 9.97 Å². The highest BCUT2D eigenvalue weighted by atomic mass is 15.3. The minimum Gasteiger partial charge on any atom is -0.354 e. The third-order valence-corrected chi connectivity index (χ3v) is 6.08. The second-order valence-electron chi connectivity index (χ2n) is 7.79. The summed E-state index contributed by atoms with van der Waals surface area (Å²) in [5, 5.41) is 18.1. The van der Waals surface area contributed by atoms with E-state index < -0.39 is 5.41 Å². The van der Waals surface area contributed by atoms with Crippen molar-refractivity contribution < 1.29 is 0 Å². The summed E-state index contributed by atoms with van der Waals surface area (Å²) in [6.07, 6.45) is 6.20. The van der Waals surface area contributed by atoms with Crippen molar-refractivity contribution in [2.24, 2.45) is 0 Å². The molecule has 0 amide bonds. The van der Waals surface area contributed by atoms with Gasteiger partial charge in [-0.3, -0.25) is 10.1 Å². The zero-order valence-corrected chi connectivity index (χ0v) is 15.9. The molecule has 1 aliphatic heterocycles. The quantitative estimate of drug-likeness (QED) is 0.750. The summed E-state index contributed by atoms with van der Waals surface area (Å²) < 4.78 is 0. The summed E-state index contributed by atoms with van der Waals surface area (Å²) in [6, 6.07) is 6.49. The standard InChI is InChI=1S/C20H22N8/c1-27-5-7-28(8-6-27)18-10-15(23-13-24-18)19-14-9-17(20(12-21)3-2-4-20)22-11-16(14)25-26-19/h9-11,13H,2-8H2,1H3,(H,25,26). The monoisotopic (exact) mass is 374 g/mol. The molecule has 1 N–H and O–H groups in total. The van der Waals surface area contributed by atoms with Crippen LogP contribution in [0.25, 0.3) is 22.3 Å². The maximum atomic E-state index is 9.66. The van der Waals surface area contributed by atoms with Gasteiger partial charge in [0, 0.05) is 37.6 Å². The van der Waals surface area contributed by atoms with Crippen LogP contribution in [0.15, 0.2) is 24.7 Å². The van der Waals surface area contributed by atoms with Gasteiger partial charge in [0.2, 0.25) is 0 Å². The first-order valence-electron chi connectivity index (χ1n) is 9.70. The maximum Gasteiger partial charge on any atom is 0.132 e. The van der Waals surface area contributed by atoms with Gasteiger partial charge in [0.25, 0.3) is 0 Å². The molecule has 4 heterocycles. The van der Waals surface area contributed by atoms with Gasteiger partial charge >= 0.3 is 0 Å². The normalized spacial score (nSPS) is 19.4. The minimum atomic E-state index is -0.445. The molecule has 8 heteroatoms. The Balaban J connectivity index is 1.53. The first-order valence-corrected chi connectivity index (χ1v) is 9.70. The Kier molecular flexibility index (Phi) is 3.98. The first kappa shape index (κ1) is 17.1. The molecule has 0 atom stereocenters. The Labute approximate surface area is 163 Å². The van der Waals surface area contributed by atoms with Crippen molar-refractivity contribution in [3.05, 3.63) is 30.4 Å². The number of hydrogen-bond donors (Lipinski definition) is 1. The van der Waals surface area contributed by atoms with Crippen LogP contribution in [0.4, 0.5) is 5.82 Å². The summed E-state index contributed by atoms with van der Waals surface area (Å²) >= 11 is 0. The SMILES string of the molecule is CN1CCN(c2cc(-c3n[nH]c4cnc(C5(C#N)CCC5)cc34)ncn2)CC1. The zero-order valence-electron chi connectivity index (χ0n) is 15.9. The fourth-order valence-electron chi connectivity index (χ4n) is 4.01. The Morgan fingerprint density at radius 1 is 1.11 bits per heavy atom. The van der Waals surface area contributed by atoms with E-state index in [0.717, 1.165) is 79.2 Å². The lowest BCUT2D eigenvalue weighted by Gasteiger charge is -2.34. The summed E-state index contributed by atoms with van der Waals surface area (Å²) in [5.41, 5.74) is 2.81. The molecular weight excluding hydrogens is 352 g/mol. The summed E-state index contributed by atoms with van der Waals surface area (Å²) in [5.74, 6) is 0.927. The molecule has 0 aromatic carbocycles. The van der Waals surface area contributed by atoms with Gasteiger partial charge in [0.15, 0.2) is 0 Å². The highest BCUT2D eigenvalue weighted by molar-refractivity contribution is 5.92. The molecule has 1 saturated carbocycles. The van der Waals surface area contributed by atoms with Crippen LogP contribution in [0.1, 0.15) is 25.0 Å². The summed E-state index contributed by atoms with van der Waals surface area (Å²) in [4.78, 5) is 18.1. The number of likely N-dealkylation sites (N-methyl/N-ethyl adjacent to an activating group) is 1. The summed E-state index contributed by atoms with van der Waals surface area (Å²) in [6.45, 7) is 3.95. The molecule has 3 aromatic heterocycles. The van der Waals surface area contributed by atoms with Crippen molar-refractivity contribution in [2.75, 3.05) is 38.1 Å². The van der Waals surface area contributed by atoms with Gasteiger partial charge in [-0.05, 0) is 32.4 Å². The number of rotatable bonds is 3. The van der Waals surface area contributed by atoms with Crippen molar-refractivity contribution in [3.8, 4) is 17.5 Å². The number of pyridine rings is 1. The number of H-pyrrole nitrogens is 1. The van der Waals surface area contributed by atoms with Gasteiger partial charge in [-0.1, -0.05) is 0 Å². The number of nitrogens with one attached hydrogen (secondary N) is 1. The number of nitrogens with zero attached hydrogens (tertiary/aromatic N) is 7. The van der Waals surface area contributed by atoms with E-state index in [1.54, 1.807) is 12.5 Å². The molecule has 8 nitrogen and oxygen atoms in total. The second kappa shape index (κ2) is 6.53. The van der Waals surface area contributed by atoms with E-state index in [2.05, 4.69) is 48.1 Å². The molecule has 142 valence electrons. The third kappa shape index (κ3) is 2.70. The molecule has 28 heavy (non-hydrogen) atoms. The van der Waals surface area contributed by atoms with Crippen molar-refractivity contribution in [1.82, 2.24) is 30.0 Å². The van der Waals surface area contributed by atoms with E-state index in [-0.39, 0.29) is 0 Å². The Morgan fingerprint density at radius 2 is 1.93 bits per heavy atom. The van der Waals surface area contributed by atoms with Crippen molar-refractivity contribution in [3.63, 3.8) is 0 Å². The van der Waals surface area contributed by atoms with Gasteiger partial charge in [0.05, 0.1) is 34.6 Å². The van der Waals surface area contributed by atoms with Crippen molar-refractivity contribution in [2.45, 2.75) is 24.7 Å². The van der Waals surface area contributed by atoms with Crippen LogP contribution in [-0.4, -0.2) is 63.3 Å². The van der Waals surface area contributed by atoms with E-state index >= 15 is 0 Å². The number of piperazine rings is 1. The predicted molar refractivity (Wildman–Crippen MR) is 106 cm³/mol. The third-order valence-electron chi connectivity index (χ3n) is 6.08. The lowest BCUT2D eigenvalue weighted by molar-refractivity contribution is 0.312. The molecule has 0 spiro atoms. The van der Waals surface area contributed by atoms with Crippen LogP contribution in [-0.2, 0) is 5.41 Å². The number of aromatic nitrogens is 5. The molecule has 1 aliphatic carbocycles. The molecule has 5 rings (SSSR count). The molecule has 1 saturated heterocycles. The van der Waals surface area contributed by atoms with Gasteiger partial charge in [-0.2, -0.15) is 10.4 Å². The van der Waals surface area contributed by atoms with E-state index in [1.807, 2.05) is 12.1 Å². The lowest BCUT2D eigenvalue weighted by atomic mass is 9.67. The molecule has 3 aromatic rings. The fourth-order valence-corrected chi connectivity index (χ4v) is 4.01. The smallest absolute Gasteiger partial charge is 0.132 e. The highest BCUT2D eigenvalue weighted by Gasteiger charge is 2.40. The first-order chi connectivity index (χ1) is 13.7. The maximum absolute atomic E-state index is 9.66. The van der Waals surface area contributed by atoms with E-state index in [1.165, 1.54) is 0 Å². The average molecular weight is 374 g/mol. The Hall–Kier alpha value is -3.05. The molecule has 0 unspecified atom stereocenters. The predicted octanol–water partition coefficient (Wildman–Crippen LogP) is 2.11. The van der Waals surface area contributed by atoms with Crippen LogP contribution in [0, 0.1) is 11.3 Å². The Morgan fingerprint density at radius 3 is 2.64 bits per heavy atom.